The number of carbonyl (C=O) groups is 4. The Bertz CT molecular complexity index is 1080. The number of ketones is 2. The molecular weight excluding hydrogens is 546 g/mol. The number of alkyl halides is 1. The fraction of sp³-hybridized carbons (Fsp3) is 0.714. The Kier molecular flexibility index (Phi) is 8.40. The van der Waals surface area contributed by atoms with Crippen LogP contribution < -0.4 is 5.32 Å². The third-order valence-corrected chi connectivity index (χ3v) is 12.7. The van der Waals surface area contributed by atoms with E-state index in [0.29, 0.717) is 37.8 Å². The van der Waals surface area contributed by atoms with Crippen molar-refractivity contribution < 1.29 is 29.4 Å². The van der Waals surface area contributed by atoms with Crippen LogP contribution in [0, 0.1) is 28.6 Å². The van der Waals surface area contributed by atoms with Crippen LogP contribution in [-0.4, -0.2) is 73.7 Å². The molecule has 0 aromatic rings. The number of thioether (sulfide) groups is 2. The van der Waals surface area contributed by atoms with Gasteiger partial charge in [-0.1, -0.05) is 44.2 Å². The first-order chi connectivity index (χ1) is 17.8. The molecule has 38 heavy (non-hydrogen) atoms. The molecule has 10 heteroatoms. The summed E-state index contributed by atoms with van der Waals surface area (Å²) >= 11 is 9.83. The number of nitrogens with one attached hydrogen (secondary N) is 1. The van der Waals surface area contributed by atoms with Crippen LogP contribution in [0.25, 0.3) is 0 Å². The summed E-state index contributed by atoms with van der Waals surface area (Å²) in [6.45, 7) is 5.72. The molecule has 0 aromatic heterocycles. The molecule has 3 N–H and O–H groups in total. The lowest BCUT2D eigenvalue weighted by Crippen LogP contribution is -2.69. The number of rotatable bonds is 9. The van der Waals surface area contributed by atoms with Gasteiger partial charge in [0.25, 0.3) is 0 Å². The van der Waals surface area contributed by atoms with Crippen molar-refractivity contribution in [2.45, 2.75) is 75.5 Å². The summed E-state index contributed by atoms with van der Waals surface area (Å²) in [7, 11) is 0. The number of hydrogen-bond donors (Lipinski definition) is 3. The molecule has 3 fully saturated rings. The SMILES string of the molecule is CSCCC(NC=O)C(=O)SCC(=O)[C@@]1(O)C(C)C[C@H]2[C@@H]3CCC4=CC(=O)C=C[C@]4(C)[C@@]3(Cl)C(O)C[C@@]21C. The van der Waals surface area contributed by atoms with E-state index in [1.807, 2.05) is 33.1 Å². The van der Waals surface area contributed by atoms with E-state index in [9.17, 15) is 29.4 Å². The molecule has 0 aliphatic heterocycles. The zero-order chi connectivity index (χ0) is 28.1. The van der Waals surface area contributed by atoms with Crippen LogP contribution in [0.4, 0.5) is 0 Å². The van der Waals surface area contributed by atoms with Crippen LogP contribution in [0.15, 0.2) is 23.8 Å². The normalized spacial score (nSPS) is 42.4. The molecule has 7 nitrogen and oxygen atoms in total. The minimum Gasteiger partial charge on any atom is -0.391 e. The summed E-state index contributed by atoms with van der Waals surface area (Å²) in [4.78, 5) is 48.5. The van der Waals surface area contributed by atoms with E-state index in [-0.39, 0.29) is 40.8 Å². The maximum absolute atomic E-state index is 13.7. The van der Waals surface area contributed by atoms with Gasteiger partial charge in [0.15, 0.2) is 11.6 Å². The molecule has 0 heterocycles. The van der Waals surface area contributed by atoms with E-state index < -0.39 is 39.2 Å². The largest absolute Gasteiger partial charge is 0.391 e. The van der Waals surface area contributed by atoms with E-state index in [4.69, 9.17) is 11.6 Å². The second kappa shape index (κ2) is 10.7. The summed E-state index contributed by atoms with van der Waals surface area (Å²) < 4.78 is 0. The smallest absolute Gasteiger partial charge is 0.211 e. The first-order valence-electron chi connectivity index (χ1n) is 13.2. The third-order valence-electron chi connectivity index (χ3n) is 10.2. The standard InChI is InChI=1S/C28H38ClNO6S2/c1-16-11-20-19-6-5-17-12-18(32)7-9-25(17,2)27(19,29)22(33)13-26(20,3)28(16,36)23(34)14-38-24(35)21(30-15-31)8-10-37-4/h7,9,12,15-16,19-22,33,36H,5-6,8,10-11,13-14H2,1-4H3,(H,30,31)/t16?,19-,20-,21?,22?,25-,26-,27-,28-/m0/s1. The number of aliphatic hydroxyl groups excluding tert-OH is 1. The highest BCUT2D eigenvalue weighted by molar-refractivity contribution is 8.14. The Morgan fingerprint density at radius 3 is 2.68 bits per heavy atom. The van der Waals surface area contributed by atoms with Gasteiger partial charge in [0.2, 0.25) is 11.5 Å². The van der Waals surface area contributed by atoms with Gasteiger partial charge in [0, 0.05) is 10.8 Å². The molecule has 0 saturated heterocycles. The highest BCUT2D eigenvalue weighted by Crippen LogP contribution is 2.71. The second-order valence-corrected chi connectivity index (χ2v) is 14.4. The first kappa shape index (κ1) is 29.8. The third kappa shape index (κ3) is 4.26. The van der Waals surface area contributed by atoms with Crippen LogP contribution in [0.3, 0.4) is 0 Å². The minimum absolute atomic E-state index is 0.0770. The molecule has 0 aromatic carbocycles. The van der Waals surface area contributed by atoms with Crippen LogP contribution in [0.2, 0.25) is 0 Å². The van der Waals surface area contributed by atoms with Crippen LogP contribution in [0.5, 0.6) is 0 Å². The zero-order valence-corrected chi connectivity index (χ0v) is 24.8. The van der Waals surface area contributed by atoms with E-state index in [1.165, 1.54) is 6.08 Å². The number of fused-ring (bicyclic) bond motifs is 5. The lowest BCUT2D eigenvalue weighted by atomic mass is 9.45. The minimum atomic E-state index is -1.73. The Hall–Kier alpha value is -1.13. The first-order valence-corrected chi connectivity index (χ1v) is 16.0. The number of amides is 1. The van der Waals surface area contributed by atoms with E-state index in [1.54, 1.807) is 17.8 Å². The number of halogens is 1. The maximum Gasteiger partial charge on any atom is 0.211 e. The zero-order valence-electron chi connectivity index (χ0n) is 22.4. The predicted octanol–water partition coefficient (Wildman–Crippen LogP) is 3.30. The summed E-state index contributed by atoms with van der Waals surface area (Å²) in [6.07, 6.45) is 8.86. The Labute approximate surface area is 238 Å². The second-order valence-electron chi connectivity index (χ2n) is 11.8. The van der Waals surface area contributed by atoms with Crippen molar-refractivity contribution in [1.29, 1.82) is 0 Å². The van der Waals surface area contributed by atoms with Crippen molar-refractivity contribution in [2.75, 3.05) is 17.8 Å². The molecule has 0 bridgehead atoms. The van der Waals surface area contributed by atoms with E-state index in [2.05, 4.69) is 5.32 Å². The average molecular weight is 584 g/mol. The van der Waals surface area contributed by atoms with Crippen molar-refractivity contribution in [1.82, 2.24) is 5.32 Å². The summed E-state index contributed by atoms with van der Waals surface area (Å²) in [6, 6.07) is -0.689. The van der Waals surface area contributed by atoms with E-state index >= 15 is 0 Å². The Morgan fingerprint density at radius 1 is 1.32 bits per heavy atom. The number of allylic oxidation sites excluding steroid dienone is 4. The molecule has 210 valence electrons. The lowest BCUT2D eigenvalue weighted by molar-refractivity contribution is -0.175. The molecule has 9 atom stereocenters. The molecule has 4 aliphatic rings. The lowest BCUT2D eigenvalue weighted by Gasteiger charge is -2.63. The monoisotopic (exact) mass is 583 g/mol. The summed E-state index contributed by atoms with van der Waals surface area (Å²) in [5.41, 5.74) is -2.45. The highest BCUT2D eigenvalue weighted by atomic mass is 35.5. The van der Waals surface area contributed by atoms with Crippen molar-refractivity contribution in [3.63, 3.8) is 0 Å². The predicted molar refractivity (Wildman–Crippen MR) is 151 cm³/mol. The molecule has 0 radical (unpaired) electrons. The van der Waals surface area contributed by atoms with E-state index in [0.717, 1.165) is 17.3 Å². The maximum atomic E-state index is 13.7. The Balaban J connectivity index is 1.59. The van der Waals surface area contributed by atoms with Crippen molar-refractivity contribution in [3.8, 4) is 0 Å². The molecule has 3 saturated carbocycles. The van der Waals surface area contributed by atoms with Crippen molar-refractivity contribution >= 4 is 58.2 Å². The topological polar surface area (TPSA) is 121 Å². The van der Waals surface area contributed by atoms with Gasteiger partial charge >= 0.3 is 0 Å². The van der Waals surface area contributed by atoms with Crippen molar-refractivity contribution in [3.05, 3.63) is 23.8 Å². The van der Waals surface area contributed by atoms with Crippen molar-refractivity contribution in [2.24, 2.45) is 28.6 Å². The van der Waals surface area contributed by atoms with Gasteiger partial charge in [-0.3, -0.25) is 19.2 Å². The van der Waals surface area contributed by atoms with Crippen LogP contribution >= 0.6 is 35.1 Å². The van der Waals surface area contributed by atoms with Gasteiger partial charge in [0.1, 0.15) is 5.60 Å². The highest BCUT2D eigenvalue weighted by Gasteiger charge is 2.74. The van der Waals surface area contributed by atoms with Crippen LogP contribution in [0.1, 0.15) is 52.9 Å². The summed E-state index contributed by atoms with van der Waals surface area (Å²) in [5, 5.41) is 26.0. The fourth-order valence-corrected chi connectivity index (χ4v) is 9.95. The molecule has 3 unspecified atom stereocenters. The average Bonchev–Trinajstić information content (AvgIpc) is 3.07. The molecule has 1 amide bonds. The number of aliphatic hydroxyl groups is 2. The van der Waals surface area contributed by atoms with Crippen LogP contribution in [-0.2, 0) is 19.2 Å². The van der Waals surface area contributed by atoms with Gasteiger partial charge in [-0.05, 0) is 74.0 Å². The van der Waals surface area contributed by atoms with Gasteiger partial charge in [0.05, 0.1) is 22.8 Å². The van der Waals surface area contributed by atoms with Gasteiger partial charge in [-0.15, -0.1) is 11.6 Å². The van der Waals surface area contributed by atoms with Gasteiger partial charge in [-0.2, -0.15) is 11.8 Å². The number of carbonyl (C=O) groups excluding carboxylic acids is 4. The molecule has 0 spiro atoms. The number of Topliss-reactive ketones (excluding diaryl/α,β-unsaturated/α-hetero) is 1. The van der Waals surface area contributed by atoms with Gasteiger partial charge in [-0.25, -0.2) is 0 Å². The fourth-order valence-electron chi connectivity index (χ4n) is 8.07. The quantitative estimate of drug-likeness (QED) is 0.279. The molecule has 4 rings (SSSR count). The van der Waals surface area contributed by atoms with Gasteiger partial charge < -0.3 is 15.5 Å². The molecular formula is C28H38ClNO6S2. The Morgan fingerprint density at radius 2 is 2.03 bits per heavy atom. The summed E-state index contributed by atoms with van der Waals surface area (Å²) in [5.74, 6) is -0.714. The molecule has 4 aliphatic carbocycles. The number of hydrogen-bond acceptors (Lipinski definition) is 8.